The number of rotatable bonds is 11. The molecule has 0 unspecified atom stereocenters. The Morgan fingerprint density at radius 3 is 2.46 bits per heavy atom. The Morgan fingerprint density at radius 1 is 1.00 bits per heavy atom. The lowest BCUT2D eigenvalue weighted by Gasteiger charge is -2.16. The van der Waals surface area contributed by atoms with Gasteiger partial charge in [0, 0.05) is 41.9 Å². The Balaban J connectivity index is 1.52. The van der Waals surface area contributed by atoms with Gasteiger partial charge in [0.25, 0.3) is 0 Å². The molecular weight excluding hydrogens is 542 g/mol. The molecule has 0 spiro atoms. The van der Waals surface area contributed by atoms with Crippen LogP contribution >= 0.6 is 11.8 Å². The van der Waals surface area contributed by atoms with Gasteiger partial charge in [-0.2, -0.15) is 9.61 Å². The molecule has 1 atom stereocenters. The zero-order valence-corrected chi connectivity index (χ0v) is 24.8. The largest absolute Gasteiger partial charge is 0.497 e. The van der Waals surface area contributed by atoms with Crippen molar-refractivity contribution in [1.29, 1.82) is 0 Å². The van der Waals surface area contributed by atoms with Gasteiger partial charge in [0.1, 0.15) is 5.75 Å². The molecule has 0 fully saturated rings. The number of carbonyl (C=O) groups excluding carboxylic acids is 1. The van der Waals surface area contributed by atoms with Crippen LogP contribution in [0.5, 0.6) is 17.2 Å². The number of aromatic nitrogens is 6. The summed E-state index contributed by atoms with van der Waals surface area (Å²) in [4.78, 5) is 23.1. The van der Waals surface area contributed by atoms with Crippen molar-refractivity contribution in [3.05, 3.63) is 59.7 Å². The highest BCUT2D eigenvalue weighted by Crippen LogP contribution is 2.35. The third-order valence-corrected chi connectivity index (χ3v) is 8.00. The molecule has 0 radical (unpaired) electrons. The second kappa shape index (κ2) is 12.0. The topological polar surface area (TPSA) is 118 Å². The summed E-state index contributed by atoms with van der Waals surface area (Å²) >= 11 is 1.34. The minimum Gasteiger partial charge on any atom is -0.497 e. The Labute approximate surface area is 242 Å². The van der Waals surface area contributed by atoms with Gasteiger partial charge in [-0.1, -0.05) is 24.8 Å². The highest BCUT2D eigenvalue weighted by molar-refractivity contribution is 8.00. The normalized spacial score (nSPS) is 12.0. The smallest absolute Gasteiger partial charge is 0.237 e. The van der Waals surface area contributed by atoms with E-state index in [1.54, 1.807) is 31.9 Å². The Kier molecular flexibility index (Phi) is 8.29. The van der Waals surface area contributed by atoms with Gasteiger partial charge < -0.3 is 19.5 Å². The lowest BCUT2D eigenvalue weighted by atomic mass is 10.2. The minimum absolute atomic E-state index is 0.141. The number of carbonyl (C=O) groups is 1. The number of ether oxygens (including phenoxy) is 3. The summed E-state index contributed by atoms with van der Waals surface area (Å²) in [5.74, 6) is 2.30. The number of hydrogen-bond donors (Lipinski definition) is 1. The fraction of sp³-hybridized carbons (Fsp3) is 0.345. The zero-order chi connectivity index (χ0) is 29.1. The number of methoxy groups -OCH3 is 3. The number of hydrogen-bond acceptors (Lipinski definition) is 9. The van der Waals surface area contributed by atoms with E-state index in [1.807, 2.05) is 61.9 Å². The summed E-state index contributed by atoms with van der Waals surface area (Å²) in [6, 6.07) is 13.0. The van der Waals surface area contributed by atoms with Crippen molar-refractivity contribution in [1.82, 2.24) is 29.4 Å². The van der Waals surface area contributed by atoms with Crippen LogP contribution in [0.2, 0.25) is 0 Å². The third-order valence-electron chi connectivity index (χ3n) is 6.69. The van der Waals surface area contributed by atoms with Gasteiger partial charge in [-0.15, -0.1) is 5.10 Å². The molecule has 3 aromatic heterocycles. The van der Waals surface area contributed by atoms with Gasteiger partial charge in [0.2, 0.25) is 5.91 Å². The van der Waals surface area contributed by atoms with E-state index in [2.05, 4.69) is 10.4 Å². The number of amides is 1. The molecule has 1 N–H and O–H groups in total. The molecule has 3 heterocycles. The van der Waals surface area contributed by atoms with Crippen molar-refractivity contribution in [2.45, 2.75) is 50.6 Å². The van der Waals surface area contributed by atoms with Crippen molar-refractivity contribution in [3.8, 4) is 17.2 Å². The second-order valence-corrected chi connectivity index (χ2v) is 10.7. The fourth-order valence-corrected chi connectivity index (χ4v) is 5.58. The molecule has 0 aliphatic rings. The first-order valence-electron chi connectivity index (χ1n) is 13.3. The van der Waals surface area contributed by atoms with E-state index in [-0.39, 0.29) is 5.91 Å². The summed E-state index contributed by atoms with van der Waals surface area (Å²) in [6.45, 7) is 6.62. The number of aryl methyl sites for hydroxylation is 4. The predicted octanol–water partition coefficient (Wildman–Crippen LogP) is 4.87. The van der Waals surface area contributed by atoms with Gasteiger partial charge in [0.15, 0.2) is 28.1 Å². The van der Waals surface area contributed by atoms with Crippen molar-refractivity contribution in [2.24, 2.45) is 0 Å². The molecule has 2 aromatic carbocycles. The van der Waals surface area contributed by atoms with Crippen LogP contribution in [-0.2, 0) is 17.8 Å². The van der Waals surface area contributed by atoms with Gasteiger partial charge in [-0.3, -0.25) is 9.48 Å². The van der Waals surface area contributed by atoms with Gasteiger partial charge >= 0.3 is 0 Å². The van der Waals surface area contributed by atoms with E-state index in [0.717, 1.165) is 16.8 Å². The summed E-state index contributed by atoms with van der Waals surface area (Å²) in [6.07, 6.45) is 1.16. The fourth-order valence-electron chi connectivity index (χ4n) is 4.62. The lowest BCUT2D eigenvalue weighted by molar-refractivity contribution is -0.115. The predicted molar refractivity (Wildman–Crippen MR) is 158 cm³/mol. The van der Waals surface area contributed by atoms with Crippen molar-refractivity contribution in [2.75, 3.05) is 26.6 Å². The number of nitrogens with zero attached hydrogens (tertiary/aromatic N) is 6. The summed E-state index contributed by atoms with van der Waals surface area (Å²) in [5.41, 5.74) is 4.01. The molecule has 11 nitrogen and oxygen atoms in total. The van der Waals surface area contributed by atoms with Crippen molar-refractivity contribution in [3.63, 3.8) is 0 Å². The highest BCUT2D eigenvalue weighted by atomic mass is 32.2. The molecule has 5 rings (SSSR count). The molecule has 0 aliphatic carbocycles. The summed E-state index contributed by atoms with van der Waals surface area (Å²) < 4.78 is 20.0. The number of thioether (sulfide) groups is 1. The standard InChI is InChI=1S/C29H33N7O4S/c1-7-25(28(37)30-19-9-8-10-20(14-19)38-4)41-29-31-22-16-24(40-6)23(39-5)15-21(22)27-32-26(34-36(27)29)11-12-35-18(3)13-17(2)33-35/h8-10,13-16,25H,7,11-12H2,1-6H3,(H,30,37)/t25-/m0/s1. The van der Waals surface area contributed by atoms with Crippen LogP contribution < -0.4 is 19.5 Å². The van der Waals surface area contributed by atoms with Crippen LogP contribution in [0.4, 0.5) is 5.69 Å². The van der Waals surface area contributed by atoms with Crippen LogP contribution in [-0.4, -0.2) is 61.8 Å². The average Bonchev–Trinajstić information content (AvgIpc) is 3.55. The third kappa shape index (κ3) is 5.92. The maximum atomic E-state index is 13.3. The van der Waals surface area contributed by atoms with Crippen LogP contribution in [0.1, 0.15) is 30.6 Å². The average molecular weight is 576 g/mol. The maximum Gasteiger partial charge on any atom is 0.237 e. The Morgan fingerprint density at radius 2 is 1.78 bits per heavy atom. The second-order valence-electron chi connectivity index (χ2n) is 9.52. The van der Waals surface area contributed by atoms with E-state index >= 15 is 0 Å². The number of fused-ring (bicyclic) bond motifs is 3. The Hall–Kier alpha value is -4.32. The zero-order valence-electron chi connectivity index (χ0n) is 24.0. The van der Waals surface area contributed by atoms with Crippen LogP contribution in [0.3, 0.4) is 0 Å². The summed E-state index contributed by atoms with van der Waals surface area (Å²) in [7, 11) is 4.77. The first-order chi connectivity index (χ1) is 19.8. The van der Waals surface area contributed by atoms with Gasteiger partial charge in [-0.25, -0.2) is 9.97 Å². The van der Waals surface area contributed by atoms with Gasteiger partial charge in [0.05, 0.1) is 37.8 Å². The van der Waals surface area contributed by atoms with Crippen LogP contribution in [0, 0.1) is 13.8 Å². The van der Waals surface area contributed by atoms with Crippen molar-refractivity contribution < 1.29 is 19.0 Å². The molecule has 0 saturated heterocycles. The van der Waals surface area contributed by atoms with Crippen molar-refractivity contribution >= 4 is 39.9 Å². The van der Waals surface area contributed by atoms with E-state index in [0.29, 0.717) is 64.5 Å². The Bertz CT molecular complexity index is 1710. The van der Waals surface area contributed by atoms with Gasteiger partial charge in [-0.05, 0) is 44.5 Å². The molecule has 0 aliphatic heterocycles. The van der Waals surface area contributed by atoms with Crippen LogP contribution in [0.15, 0.2) is 47.6 Å². The SMILES string of the molecule is CC[C@H](Sc1nc2cc(OC)c(OC)cc2c2nc(CCn3nc(C)cc3C)nn12)C(=O)Nc1cccc(OC)c1. The molecule has 41 heavy (non-hydrogen) atoms. The van der Waals surface area contributed by atoms with E-state index in [1.165, 1.54) is 11.8 Å². The maximum absolute atomic E-state index is 13.3. The first kappa shape index (κ1) is 28.2. The van der Waals surface area contributed by atoms with E-state index < -0.39 is 5.25 Å². The number of nitrogens with one attached hydrogen (secondary N) is 1. The quantitative estimate of drug-likeness (QED) is 0.174. The molecule has 5 aromatic rings. The number of anilines is 1. The molecule has 1 amide bonds. The molecule has 12 heteroatoms. The highest BCUT2D eigenvalue weighted by Gasteiger charge is 2.24. The monoisotopic (exact) mass is 575 g/mol. The number of benzene rings is 2. The molecule has 0 bridgehead atoms. The molecular formula is C29H33N7O4S. The van der Waals surface area contributed by atoms with E-state index in [4.69, 9.17) is 29.3 Å². The van der Waals surface area contributed by atoms with E-state index in [9.17, 15) is 4.79 Å². The molecule has 0 saturated carbocycles. The molecule has 214 valence electrons. The van der Waals surface area contributed by atoms with Crippen LogP contribution in [0.25, 0.3) is 16.6 Å². The summed E-state index contributed by atoms with van der Waals surface area (Å²) in [5, 5.41) is 13.3. The minimum atomic E-state index is -0.433. The first-order valence-corrected chi connectivity index (χ1v) is 14.2. The lowest BCUT2D eigenvalue weighted by Crippen LogP contribution is -2.25.